The quantitative estimate of drug-likeness (QED) is 0.635. The Morgan fingerprint density at radius 1 is 1.18 bits per heavy atom. The van der Waals surface area contributed by atoms with Crippen LogP contribution in [0.25, 0.3) is 22.2 Å². The van der Waals surface area contributed by atoms with Crippen LogP contribution in [0.5, 0.6) is 5.75 Å². The van der Waals surface area contributed by atoms with Crippen LogP contribution in [0.4, 0.5) is 19.0 Å². The van der Waals surface area contributed by atoms with Crippen molar-refractivity contribution in [3.63, 3.8) is 0 Å². The highest BCUT2D eigenvalue weighted by Gasteiger charge is 2.31. The summed E-state index contributed by atoms with van der Waals surface area (Å²) in [7, 11) is 0. The molecule has 0 aliphatic carbocycles. The molecule has 3 aromatic rings. The summed E-state index contributed by atoms with van der Waals surface area (Å²) in [6.07, 6.45) is -0.879. The van der Waals surface area contributed by atoms with Gasteiger partial charge >= 0.3 is 6.18 Å². The average molecular weight is 389 g/mol. The van der Waals surface area contributed by atoms with Crippen LogP contribution in [-0.4, -0.2) is 39.4 Å². The SMILES string of the molecule is Oc1cc(C(F)(F)F)ccc1-c1nnc(N[C@@H]2CCCNC2)c2ncccc12. The van der Waals surface area contributed by atoms with Crippen molar-refractivity contribution in [1.82, 2.24) is 20.5 Å². The number of nitrogens with one attached hydrogen (secondary N) is 2. The molecule has 0 amide bonds. The fourth-order valence-electron chi connectivity index (χ4n) is 3.36. The molecule has 0 spiro atoms. The lowest BCUT2D eigenvalue weighted by atomic mass is 10.0. The molecule has 146 valence electrons. The first kappa shape index (κ1) is 18.4. The molecule has 3 N–H and O–H groups in total. The van der Waals surface area contributed by atoms with Gasteiger partial charge in [-0.2, -0.15) is 13.2 Å². The zero-order valence-electron chi connectivity index (χ0n) is 14.8. The minimum Gasteiger partial charge on any atom is -0.507 e. The lowest BCUT2D eigenvalue weighted by Gasteiger charge is -2.24. The highest BCUT2D eigenvalue weighted by atomic mass is 19.4. The molecule has 1 aliphatic heterocycles. The van der Waals surface area contributed by atoms with Crippen LogP contribution in [0.2, 0.25) is 0 Å². The third-order valence-corrected chi connectivity index (χ3v) is 4.76. The van der Waals surface area contributed by atoms with E-state index in [1.165, 1.54) is 6.07 Å². The van der Waals surface area contributed by atoms with Crippen molar-refractivity contribution in [3.8, 4) is 17.0 Å². The van der Waals surface area contributed by atoms with E-state index >= 15 is 0 Å². The maximum Gasteiger partial charge on any atom is 0.416 e. The normalized spacial score (nSPS) is 17.6. The number of hydrogen-bond acceptors (Lipinski definition) is 6. The monoisotopic (exact) mass is 389 g/mol. The number of halogens is 3. The van der Waals surface area contributed by atoms with E-state index in [1.54, 1.807) is 18.3 Å². The Kier molecular flexibility index (Phi) is 4.76. The van der Waals surface area contributed by atoms with Gasteiger partial charge in [0.05, 0.1) is 5.56 Å². The fraction of sp³-hybridized carbons (Fsp3) is 0.316. The first-order valence-corrected chi connectivity index (χ1v) is 8.93. The molecular weight excluding hydrogens is 371 g/mol. The summed E-state index contributed by atoms with van der Waals surface area (Å²) in [6, 6.07) is 6.47. The summed E-state index contributed by atoms with van der Waals surface area (Å²) < 4.78 is 38.6. The molecule has 9 heteroatoms. The number of anilines is 1. The lowest BCUT2D eigenvalue weighted by Crippen LogP contribution is -2.38. The van der Waals surface area contributed by atoms with Crippen LogP contribution >= 0.6 is 0 Å². The molecular formula is C19H18F3N5O. The second kappa shape index (κ2) is 7.23. The summed E-state index contributed by atoms with van der Waals surface area (Å²) >= 11 is 0. The number of phenols is 1. The van der Waals surface area contributed by atoms with Crippen LogP contribution in [-0.2, 0) is 6.18 Å². The first-order chi connectivity index (χ1) is 13.4. The Labute approximate surface area is 158 Å². The number of hydrogen-bond donors (Lipinski definition) is 3. The Morgan fingerprint density at radius 2 is 2.04 bits per heavy atom. The van der Waals surface area contributed by atoms with Crippen molar-refractivity contribution in [1.29, 1.82) is 0 Å². The number of aromatic nitrogens is 3. The summed E-state index contributed by atoms with van der Waals surface area (Å²) in [5.41, 5.74) is 0.0793. The van der Waals surface area contributed by atoms with Crippen molar-refractivity contribution >= 4 is 16.7 Å². The zero-order valence-corrected chi connectivity index (χ0v) is 14.8. The van der Waals surface area contributed by atoms with Gasteiger partial charge in [0.2, 0.25) is 0 Å². The molecule has 28 heavy (non-hydrogen) atoms. The Balaban J connectivity index is 1.76. The van der Waals surface area contributed by atoms with E-state index in [-0.39, 0.29) is 17.3 Å². The third kappa shape index (κ3) is 3.57. The second-order valence-electron chi connectivity index (χ2n) is 6.71. The van der Waals surface area contributed by atoms with Crippen LogP contribution in [0.3, 0.4) is 0 Å². The van der Waals surface area contributed by atoms with E-state index in [0.29, 0.717) is 22.8 Å². The molecule has 0 bridgehead atoms. The minimum atomic E-state index is -4.53. The van der Waals surface area contributed by atoms with E-state index in [9.17, 15) is 18.3 Å². The van der Waals surface area contributed by atoms with Crippen LogP contribution in [0.1, 0.15) is 18.4 Å². The Hall–Kier alpha value is -2.94. The largest absolute Gasteiger partial charge is 0.507 e. The number of phenolic OH excluding ortho intramolecular Hbond substituents is 1. The summed E-state index contributed by atoms with van der Waals surface area (Å²) in [6.45, 7) is 1.78. The second-order valence-corrected chi connectivity index (χ2v) is 6.71. The summed E-state index contributed by atoms with van der Waals surface area (Å²) in [5.74, 6) is 0.00548. The standard InChI is InChI=1S/C19H18F3N5O/c20-19(21,22)11-5-6-13(15(28)9-11)16-14-4-2-8-24-17(14)18(27-26-16)25-12-3-1-7-23-10-12/h2,4-6,8-9,12,23,28H,1,3,7,10H2,(H,25,27)/t12-/m1/s1. The molecule has 0 unspecified atom stereocenters. The van der Waals surface area contributed by atoms with Crippen LogP contribution < -0.4 is 10.6 Å². The predicted molar refractivity (Wildman–Crippen MR) is 99.0 cm³/mol. The van der Waals surface area contributed by atoms with Gasteiger partial charge in [-0.05, 0) is 49.7 Å². The van der Waals surface area contributed by atoms with Gasteiger partial charge in [-0.15, -0.1) is 10.2 Å². The van der Waals surface area contributed by atoms with E-state index in [0.717, 1.165) is 32.0 Å². The van der Waals surface area contributed by atoms with E-state index in [4.69, 9.17) is 0 Å². The number of nitrogens with zero attached hydrogens (tertiary/aromatic N) is 3. The maximum atomic E-state index is 12.9. The molecule has 1 saturated heterocycles. The van der Waals surface area contributed by atoms with Gasteiger partial charge in [0.25, 0.3) is 0 Å². The zero-order chi connectivity index (χ0) is 19.7. The van der Waals surface area contributed by atoms with Gasteiger partial charge in [-0.3, -0.25) is 4.98 Å². The fourth-order valence-corrected chi connectivity index (χ4v) is 3.36. The molecule has 1 atom stereocenters. The molecule has 1 fully saturated rings. The summed E-state index contributed by atoms with van der Waals surface area (Å²) in [4.78, 5) is 4.37. The molecule has 1 aliphatic rings. The average Bonchev–Trinajstić information content (AvgIpc) is 2.69. The number of aromatic hydroxyl groups is 1. The highest BCUT2D eigenvalue weighted by Crippen LogP contribution is 2.38. The smallest absolute Gasteiger partial charge is 0.416 e. The number of benzene rings is 1. The third-order valence-electron chi connectivity index (χ3n) is 4.76. The number of alkyl halides is 3. The van der Waals surface area contributed by atoms with Gasteiger partial charge in [0.15, 0.2) is 5.82 Å². The van der Waals surface area contributed by atoms with Crippen LogP contribution in [0.15, 0.2) is 36.5 Å². The molecule has 1 aromatic carbocycles. The van der Waals surface area contributed by atoms with Crippen molar-refractivity contribution in [3.05, 3.63) is 42.1 Å². The number of rotatable bonds is 3. The molecule has 0 radical (unpaired) electrons. The first-order valence-electron chi connectivity index (χ1n) is 8.93. The van der Waals surface area contributed by atoms with E-state index in [1.807, 2.05) is 0 Å². The van der Waals surface area contributed by atoms with Gasteiger partial charge in [-0.1, -0.05) is 0 Å². The molecule has 4 rings (SSSR count). The summed E-state index contributed by atoms with van der Waals surface area (Å²) in [5, 5.41) is 25.8. The number of fused-ring (bicyclic) bond motifs is 1. The lowest BCUT2D eigenvalue weighted by molar-refractivity contribution is -0.137. The van der Waals surface area contributed by atoms with E-state index < -0.39 is 17.5 Å². The van der Waals surface area contributed by atoms with Gasteiger partial charge in [-0.25, -0.2) is 0 Å². The Morgan fingerprint density at radius 3 is 2.75 bits per heavy atom. The Bertz CT molecular complexity index is 1000. The van der Waals surface area contributed by atoms with E-state index in [2.05, 4.69) is 25.8 Å². The minimum absolute atomic E-state index is 0.171. The van der Waals surface area contributed by atoms with Gasteiger partial charge in [0, 0.05) is 29.7 Å². The highest BCUT2D eigenvalue weighted by molar-refractivity contribution is 5.98. The van der Waals surface area contributed by atoms with Crippen molar-refractivity contribution in [2.45, 2.75) is 25.1 Å². The predicted octanol–water partition coefficient (Wildman–Crippen LogP) is 3.58. The van der Waals surface area contributed by atoms with Crippen molar-refractivity contribution in [2.75, 3.05) is 18.4 Å². The van der Waals surface area contributed by atoms with Gasteiger partial charge < -0.3 is 15.7 Å². The van der Waals surface area contributed by atoms with Crippen molar-refractivity contribution < 1.29 is 18.3 Å². The van der Waals surface area contributed by atoms with Crippen molar-refractivity contribution in [2.24, 2.45) is 0 Å². The maximum absolute atomic E-state index is 12.9. The topological polar surface area (TPSA) is 83.0 Å². The molecule has 6 nitrogen and oxygen atoms in total. The number of piperidine rings is 1. The molecule has 2 aromatic heterocycles. The number of pyridine rings is 1. The molecule has 0 saturated carbocycles. The van der Waals surface area contributed by atoms with Gasteiger partial charge in [0.1, 0.15) is 17.0 Å². The van der Waals surface area contributed by atoms with Crippen LogP contribution in [0, 0.1) is 0 Å². The molecule has 3 heterocycles.